The van der Waals surface area contributed by atoms with E-state index in [0.29, 0.717) is 34.1 Å². The van der Waals surface area contributed by atoms with E-state index in [2.05, 4.69) is 12.1 Å². The van der Waals surface area contributed by atoms with Gasteiger partial charge in [0.05, 0.1) is 23.3 Å². The van der Waals surface area contributed by atoms with Crippen LogP contribution >= 0.6 is 11.6 Å². The molecule has 27 heavy (non-hydrogen) atoms. The molecule has 0 saturated carbocycles. The summed E-state index contributed by atoms with van der Waals surface area (Å²) in [5.74, 6) is 0.654. The zero-order valence-electron chi connectivity index (χ0n) is 14.4. The van der Waals surface area contributed by atoms with E-state index < -0.39 is 0 Å². The molecular weight excluding hydrogens is 356 g/mol. The van der Waals surface area contributed by atoms with Crippen molar-refractivity contribution in [3.05, 3.63) is 100 Å². The zero-order valence-corrected chi connectivity index (χ0v) is 15.1. The van der Waals surface area contributed by atoms with Crippen LogP contribution in [0.4, 0.5) is 0 Å². The lowest BCUT2D eigenvalue weighted by Gasteiger charge is -2.11. The van der Waals surface area contributed by atoms with Gasteiger partial charge in [0.1, 0.15) is 12.4 Å². The molecule has 3 nitrogen and oxygen atoms in total. The lowest BCUT2D eigenvalue weighted by molar-refractivity contribution is 0.305. The van der Waals surface area contributed by atoms with Gasteiger partial charge in [0, 0.05) is 16.1 Å². The van der Waals surface area contributed by atoms with E-state index in [0.717, 1.165) is 11.1 Å². The number of rotatable bonds is 5. The van der Waals surface area contributed by atoms with Crippen molar-refractivity contribution in [2.24, 2.45) is 0 Å². The summed E-state index contributed by atoms with van der Waals surface area (Å²) in [6, 6.07) is 26.3. The number of ether oxygens (including phenoxy) is 1. The van der Waals surface area contributed by atoms with Gasteiger partial charge in [-0.2, -0.15) is 10.5 Å². The molecule has 3 aromatic carbocycles. The first-order valence-corrected chi connectivity index (χ1v) is 8.66. The minimum atomic E-state index is 0.330. The van der Waals surface area contributed by atoms with Crippen molar-refractivity contribution in [2.45, 2.75) is 6.61 Å². The van der Waals surface area contributed by atoms with Gasteiger partial charge >= 0.3 is 0 Å². The predicted octanol–water partition coefficient (Wildman–Crippen LogP) is 5.85. The minimum absolute atomic E-state index is 0.330. The summed E-state index contributed by atoms with van der Waals surface area (Å²) in [5, 5.41) is 19.3. The Hall–Kier alpha value is -3.53. The van der Waals surface area contributed by atoms with Crippen LogP contribution in [0.3, 0.4) is 0 Å². The smallest absolute Gasteiger partial charge is 0.127 e. The topological polar surface area (TPSA) is 56.8 Å². The number of hydrogen-bond acceptors (Lipinski definition) is 3. The van der Waals surface area contributed by atoms with Crippen LogP contribution in [-0.2, 0) is 6.61 Å². The number of allylic oxidation sites excluding steroid dienone is 1. The number of halogens is 1. The van der Waals surface area contributed by atoms with Gasteiger partial charge in [0.15, 0.2) is 0 Å². The maximum Gasteiger partial charge on any atom is 0.127 e. The van der Waals surface area contributed by atoms with Crippen molar-refractivity contribution in [3.8, 4) is 17.9 Å². The molecule has 0 atom stereocenters. The van der Waals surface area contributed by atoms with Crippen LogP contribution in [0.25, 0.3) is 11.6 Å². The molecule has 3 aromatic rings. The highest BCUT2D eigenvalue weighted by Gasteiger charge is 2.07. The van der Waals surface area contributed by atoms with E-state index in [1.54, 1.807) is 24.3 Å². The Labute approximate surface area is 163 Å². The molecule has 0 aromatic heterocycles. The van der Waals surface area contributed by atoms with Crippen molar-refractivity contribution in [1.29, 1.82) is 10.5 Å². The van der Waals surface area contributed by atoms with E-state index in [1.165, 1.54) is 0 Å². The Morgan fingerprint density at radius 1 is 0.963 bits per heavy atom. The second-order valence-electron chi connectivity index (χ2n) is 5.78. The fourth-order valence-electron chi connectivity index (χ4n) is 2.59. The van der Waals surface area contributed by atoms with Gasteiger partial charge in [-0.25, -0.2) is 0 Å². The van der Waals surface area contributed by atoms with Crippen LogP contribution < -0.4 is 4.74 Å². The first-order chi connectivity index (χ1) is 13.2. The van der Waals surface area contributed by atoms with E-state index in [9.17, 15) is 5.26 Å². The first-order valence-electron chi connectivity index (χ1n) is 8.29. The third-order valence-corrected chi connectivity index (χ3v) is 4.35. The molecule has 0 aliphatic rings. The SMILES string of the molecule is N#C/C(=C/c1ccccc1OCc1ccccc1Cl)c1cccc(C#N)c1. The number of nitriles is 2. The molecule has 0 aliphatic carbocycles. The maximum absolute atomic E-state index is 9.58. The third kappa shape index (κ3) is 4.55. The fraction of sp³-hybridized carbons (Fsp3) is 0.0435. The fourth-order valence-corrected chi connectivity index (χ4v) is 2.78. The average Bonchev–Trinajstić information content (AvgIpc) is 2.72. The van der Waals surface area contributed by atoms with Crippen LogP contribution in [0.5, 0.6) is 5.75 Å². The summed E-state index contributed by atoms with van der Waals surface area (Å²) < 4.78 is 5.94. The van der Waals surface area contributed by atoms with Crippen LogP contribution in [-0.4, -0.2) is 0 Å². The van der Waals surface area contributed by atoms with E-state index in [4.69, 9.17) is 21.6 Å². The van der Waals surface area contributed by atoms with Crippen molar-refractivity contribution >= 4 is 23.3 Å². The van der Waals surface area contributed by atoms with Crippen LogP contribution in [0.2, 0.25) is 5.02 Å². The lowest BCUT2D eigenvalue weighted by Crippen LogP contribution is -1.97. The number of para-hydroxylation sites is 1. The highest BCUT2D eigenvalue weighted by Crippen LogP contribution is 2.26. The number of nitrogens with zero attached hydrogens (tertiary/aromatic N) is 2. The van der Waals surface area contributed by atoms with Crippen LogP contribution in [0.1, 0.15) is 22.3 Å². The van der Waals surface area contributed by atoms with Crippen molar-refractivity contribution < 1.29 is 4.74 Å². The van der Waals surface area contributed by atoms with Gasteiger partial charge < -0.3 is 4.74 Å². The molecule has 4 heteroatoms. The van der Waals surface area contributed by atoms with Crippen molar-refractivity contribution in [1.82, 2.24) is 0 Å². The molecule has 0 unspecified atom stereocenters. The van der Waals surface area contributed by atoms with Gasteiger partial charge in [-0.05, 0) is 35.9 Å². The summed E-state index contributed by atoms with van der Waals surface area (Å²) in [4.78, 5) is 0. The molecular formula is C23H15ClN2O. The Kier molecular flexibility index (Phi) is 5.90. The summed E-state index contributed by atoms with van der Waals surface area (Å²) in [6.07, 6.45) is 1.76. The Balaban J connectivity index is 1.90. The maximum atomic E-state index is 9.58. The first kappa shape index (κ1) is 18.3. The Bertz CT molecular complexity index is 1070. The lowest BCUT2D eigenvalue weighted by atomic mass is 10.0. The summed E-state index contributed by atoms with van der Waals surface area (Å²) >= 11 is 6.18. The van der Waals surface area contributed by atoms with Gasteiger partial charge in [-0.15, -0.1) is 0 Å². The number of hydrogen-bond donors (Lipinski definition) is 0. The van der Waals surface area contributed by atoms with Gasteiger partial charge in [0.2, 0.25) is 0 Å². The molecule has 0 saturated heterocycles. The monoisotopic (exact) mass is 370 g/mol. The van der Waals surface area contributed by atoms with E-state index in [1.807, 2.05) is 54.6 Å². The van der Waals surface area contributed by atoms with E-state index >= 15 is 0 Å². The van der Waals surface area contributed by atoms with Crippen molar-refractivity contribution in [3.63, 3.8) is 0 Å². The molecule has 0 spiro atoms. The second kappa shape index (κ2) is 8.72. The molecule has 3 rings (SSSR count). The largest absolute Gasteiger partial charge is 0.488 e. The van der Waals surface area contributed by atoms with Gasteiger partial charge in [-0.1, -0.05) is 60.1 Å². The molecule has 0 bridgehead atoms. The molecule has 0 fully saturated rings. The van der Waals surface area contributed by atoms with Crippen LogP contribution in [0, 0.1) is 22.7 Å². The van der Waals surface area contributed by atoms with Gasteiger partial charge in [-0.3, -0.25) is 0 Å². The zero-order chi connectivity index (χ0) is 19.1. The number of benzene rings is 3. The molecule has 0 amide bonds. The molecule has 0 N–H and O–H groups in total. The summed E-state index contributed by atoms with van der Waals surface area (Å²) in [6.45, 7) is 0.330. The average molecular weight is 371 g/mol. The molecule has 0 aliphatic heterocycles. The van der Waals surface area contributed by atoms with Crippen LogP contribution in [0.15, 0.2) is 72.8 Å². The predicted molar refractivity (Wildman–Crippen MR) is 107 cm³/mol. The normalized spacial score (nSPS) is 10.7. The molecule has 0 radical (unpaired) electrons. The summed E-state index contributed by atoms with van der Waals surface area (Å²) in [7, 11) is 0. The Morgan fingerprint density at radius 2 is 1.74 bits per heavy atom. The molecule has 0 heterocycles. The minimum Gasteiger partial charge on any atom is -0.488 e. The quantitative estimate of drug-likeness (QED) is 0.417. The van der Waals surface area contributed by atoms with Crippen molar-refractivity contribution in [2.75, 3.05) is 0 Å². The van der Waals surface area contributed by atoms with E-state index in [-0.39, 0.29) is 0 Å². The standard InChI is InChI=1S/C23H15ClN2O/c24-22-10-3-1-8-20(22)16-27-23-11-4-2-7-19(23)13-21(15-26)18-9-5-6-17(12-18)14-25/h1-13H,16H2/b21-13-. The molecule has 130 valence electrons. The second-order valence-corrected chi connectivity index (χ2v) is 6.19. The summed E-state index contributed by atoms with van der Waals surface area (Å²) in [5.41, 5.74) is 3.33. The highest BCUT2D eigenvalue weighted by atomic mass is 35.5. The Morgan fingerprint density at radius 3 is 2.52 bits per heavy atom. The highest BCUT2D eigenvalue weighted by molar-refractivity contribution is 6.31. The van der Waals surface area contributed by atoms with Gasteiger partial charge in [0.25, 0.3) is 0 Å². The third-order valence-electron chi connectivity index (χ3n) is 3.98.